The van der Waals surface area contributed by atoms with Crippen molar-refractivity contribution in [3.05, 3.63) is 59.8 Å². The van der Waals surface area contributed by atoms with Gasteiger partial charge in [-0.15, -0.1) is 11.3 Å². The normalized spacial score (nSPS) is 11.8. The molecule has 0 saturated heterocycles. The number of hydrogen-bond acceptors (Lipinski definition) is 10. The number of ether oxygens (including phenoxy) is 1. The van der Waals surface area contributed by atoms with Gasteiger partial charge in [0.15, 0.2) is 11.4 Å². The minimum absolute atomic E-state index is 0.0394. The summed E-state index contributed by atoms with van der Waals surface area (Å²) in [5, 5.41) is 12.4. The zero-order valence-corrected chi connectivity index (χ0v) is 23.8. The lowest BCUT2D eigenvalue weighted by molar-refractivity contribution is -0.160. The molecule has 11 nitrogen and oxygen atoms in total. The first kappa shape index (κ1) is 30.3. The number of nitrogens with one attached hydrogen (secondary N) is 1. The third kappa shape index (κ3) is 7.87. The summed E-state index contributed by atoms with van der Waals surface area (Å²) in [6, 6.07) is 8.48. The molecule has 0 aliphatic carbocycles. The molecule has 3 heterocycles. The van der Waals surface area contributed by atoms with Crippen LogP contribution in [0.15, 0.2) is 48.9 Å². The van der Waals surface area contributed by atoms with Gasteiger partial charge in [0.2, 0.25) is 5.91 Å². The number of fused-ring (bicyclic) bond motifs is 1. The van der Waals surface area contributed by atoms with Gasteiger partial charge in [0.1, 0.15) is 6.04 Å². The lowest BCUT2D eigenvalue weighted by Gasteiger charge is -2.24. The summed E-state index contributed by atoms with van der Waals surface area (Å²) >= 11 is 1.62. The van der Waals surface area contributed by atoms with Crippen LogP contribution < -0.4 is 11.1 Å². The van der Waals surface area contributed by atoms with E-state index in [0.29, 0.717) is 0 Å². The SMILES string of the molecule is CCNC(C)=O.Cc1nc2cc(-c3cnc(C(C)(C)OC(=O)CC(N)C(=O)O)nc3)cc(-c3ccccn3)c2s1. The Hall–Kier alpha value is -4.29. The highest BCUT2D eigenvalue weighted by Gasteiger charge is 2.30. The summed E-state index contributed by atoms with van der Waals surface area (Å²) in [5.74, 6) is -1.69. The summed E-state index contributed by atoms with van der Waals surface area (Å²) in [6.07, 6.45) is 4.62. The van der Waals surface area contributed by atoms with E-state index in [-0.39, 0.29) is 11.7 Å². The molecule has 40 heavy (non-hydrogen) atoms. The van der Waals surface area contributed by atoms with Crippen LogP contribution in [0.1, 0.15) is 44.9 Å². The number of aryl methyl sites for hydroxylation is 1. The maximum Gasteiger partial charge on any atom is 0.321 e. The second-order valence-electron chi connectivity index (χ2n) is 9.34. The van der Waals surface area contributed by atoms with Gasteiger partial charge >= 0.3 is 11.9 Å². The average Bonchev–Trinajstić information content (AvgIpc) is 3.28. The molecule has 0 saturated carbocycles. The minimum Gasteiger partial charge on any atom is -0.480 e. The van der Waals surface area contributed by atoms with Crippen molar-refractivity contribution >= 4 is 39.4 Å². The number of carboxylic acid groups (broad SMARTS) is 1. The number of aliphatic carboxylic acids is 1. The maximum atomic E-state index is 12.1. The Balaban J connectivity index is 0.000000663. The van der Waals surface area contributed by atoms with Crippen molar-refractivity contribution < 1.29 is 24.2 Å². The molecule has 1 amide bonds. The number of aromatic nitrogens is 4. The van der Waals surface area contributed by atoms with Gasteiger partial charge in [-0.25, -0.2) is 15.0 Å². The summed E-state index contributed by atoms with van der Waals surface area (Å²) < 4.78 is 6.46. The smallest absolute Gasteiger partial charge is 0.321 e. The van der Waals surface area contributed by atoms with Crippen LogP contribution in [-0.2, 0) is 24.7 Å². The molecule has 0 bridgehead atoms. The van der Waals surface area contributed by atoms with Crippen molar-refractivity contribution in [1.82, 2.24) is 25.3 Å². The van der Waals surface area contributed by atoms with Crippen molar-refractivity contribution in [1.29, 1.82) is 0 Å². The van der Waals surface area contributed by atoms with Gasteiger partial charge in [-0.05, 0) is 57.5 Å². The predicted octanol–water partition coefficient (Wildman–Crippen LogP) is 3.85. The topological polar surface area (TPSA) is 170 Å². The van der Waals surface area contributed by atoms with Crippen molar-refractivity contribution in [3.63, 3.8) is 0 Å². The molecule has 1 unspecified atom stereocenters. The fraction of sp³-hybridized carbons (Fsp3) is 0.321. The van der Waals surface area contributed by atoms with Crippen LogP contribution in [-0.4, -0.2) is 55.5 Å². The van der Waals surface area contributed by atoms with Crippen LogP contribution in [0, 0.1) is 6.92 Å². The molecule has 0 radical (unpaired) electrons. The first-order valence-electron chi connectivity index (χ1n) is 12.5. The molecule has 0 aliphatic rings. The number of carboxylic acids is 1. The monoisotopic (exact) mass is 564 g/mol. The Kier molecular flexibility index (Phi) is 9.97. The van der Waals surface area contributed by atoms with Crippen LogP contribution in [0.5, 0.6) is 0 Å². The molecular formula is C28H32N6O5S. The number of hydrogen-bond donors (Lipinski definition) is 3. The van der Waals surface area contributed by atoms with Crippen LogP contribution in [0.2, 0.25) is 0 Å². The summed E-state index contributed by atoms with van der Waals surface area (Å²) in [5.41, 5.74) is 8.60. The zero-order chi connectivity index (χ0) is 29.4. The standard InChI is InChI=1S/C24H23N5O4S.C4H9NO/c1-13-29-19-9-14(8-16(21(19)34-13)18-6-4-5-7-26-18)15-11-27-23(28-12-15)24(2,3)33-20(30)10-17(25)22(31)32;1-3-5-4(2)6/h4-9,11-12,17H,10,25H2,1-3H3,(H,31,32);3H2,1-2H3,(H,5,6). The van der Waals surface area contributed by atoms with E-state index < -0.39 is 30.0 Å². The van der Waals surface area contributed by atoms with E-state index in [9.17, 15) is 14.4 Å². The van der Waals surface area contributed by atoms with Crippen LogP contribution >= 0.6 is 11.3 Å². The number of amides is 1. The zero-order valence-electron chi connectivity index (χ0n) is 23.0. The molecule has 1 atom stereocenters. The average molecular weight is 565 g/mol. The number of rotatable bonds is 8. The molecule has 4 aromatic rings. The van der Waals surface area contributed by atoms with Crippen molar-refractivity contribution in [3.8, 4) is 22.4 Å². The van der Waals surface area contributed by atoms with E-state index in [4.69, 9.17) is 15.6 Å². The van der Waals surface area contributed by atoms with Gasteiger partial charge in [-0.2, -0.15) is 0 Å². The van der Waals surface area contributed by atoms with E-state index in [0.717, 1.165) is 44.2 Å². The third-order valence-electron chi connectivity index (χ3n) is 5.56. The van der Waals surface area contributed by atoms with Crippen LogP contribution in [0.3, 0.4) is 0 Å². The first-order valence-corrected chi connectivity index (χ1v) is 13.3. The quantitative estimate of drug-likeness (QED) is 0.267. The lowest BCUT2D eigenvalue weighted by atomic mass is 10.0. The largest absolute Gasteiger partial charge is 0.480 e. The van der Waals surface area contributed by atoms with Gasteiger partial charge < -0.3 is 20.9 Å². The van der Waals surface area contributed by atoms with Crippen LogP contribution in [0.4, 0.5) is 0 Å². The highest BCUT2D eigenvalue weighted by atomic mass is 32.1. The third-order valence-corrected chi connectivity index (χ3v) is 6.58. The number of pyridine rings is 1. The molecule has 3 aromatic heterocycles. The van der Waals surface area contributed by atoms with Crippen molar-refractivity contribution in [2.24, 2.45) is 5.73 Å². The van der Waals surface area contributed by atoms with E-state index in [1.807, 2.05) is 44.2 Å². The summed E-state index contributed by atoms with van der Waals surface area (Å²) in [7, 11) is 0. The number of benzene rings is 1. The van der Waals surface area contributed by atoms with Crippen LogP contribution in [0.25, 0.3) is 32.6 Å². The molecule has 0 aliphatic heterocycles. The number of esters is 1. The summed E-state index contributed by atoms with van der Waals surface area (Å²) in [6.45, 7) is 9.36. The molecule has 0 spiro atoms. The Morgan fingerprint density at radius 2 is 1.82 bits per heavy atom. The number of thiazole rings is 1. The molecule has 210 valence electrons. The van der Waals surface area contributed by atoms with Gasteiger partial charge in [-0.3, -0.25) is 19.4 Å². The molecule has 4 rings (SSSR count). The Labute approximate surface area is 235 Å². The number of nitrogens with two attached hydrogens (primary N) is 1. The molecule has 4 N–H and O–H groups in total. The minimum atomic E-state index is -1.33. The fourth-order valence-electron chi connectivity index (χ4n) is 3.70. The molecule has 0 fully saturated rings. The number of carbonyl (C=O) groups is 3. The maximum absolute atomic E-state index is 12.1. The van der Waals surface area contributed by atoms with E-state index in [1.165, 1.54) is 6.92 Å². The highest BCUT2D eigenvalue weighted by Crippen LogP contribution is 2.36. The van der Waals surface area contributed by atoms with Gasteiger partial charge in [0, 0.05) is 43.2 Å². The van der Waals surface area contributed by atoms with Gasteiger partial charge in [0.25, 0.3) is 0 Å². The van der Waals surface area contributed by atoms with E-state index >= 15 is 0 Å². The Morgan fingerprint density at radius 1 is 1.12 bits per heavy atom. The second-order valence-corrected chi connectivity index (χ2v) is 10.5. The Bertz CT molecular complexity index is 1490. The first-order chi connectivity index (χ1) is 18.9. The molecular weight excluding hydrogens is 532 g/mol. The second kappa shape index (κ2) is 13.2. The lowest BCUT2D eigenvalue weighted by Crippen LogP contribution is -2.36. The highest BCUT2D eigenvalue weighted by molar-refractivity contribution is 7.19. The molecule has 1 aromatic carbocycles. The van der Waals surface area contributed by atoms with E-state index in [2.05, 4.69) is 25.3 Å². The molecule has 12 heteroatoms. The van der Waals surface area contributed by atoms with E-state index in [1.54, 1.807) is 43.8 Å². The predicted molar refractivity (Wildman–Crippen MR) is 152 cm³/mol. The van der Waals surface area contributed by atoms with Gasteiger partial charge in [0.05, 0.1) is 27.3 Å². The van der Waals surface area contributed by atoms with Crippen molar-refractivity contribution in [2.45, 2.75) is 52.7 Å². The van der Waals surface area contributed by atoms with Crippen molar-refractivity contribution in [2.75, 3.05) is 6.54 Å². The number of nitrogens with zero attached hydrogens (tertiary/aromatic N) is 4. The fourth-order valence-corrected chi connectivity index (χ4v) is 4.62. The summed E-state index contributed by atoms with van der Waals surface area (Å²) in [4.78, 5) is 50.9. The van der Waals surface area contributed by atoms with Gasteiger partial charge in [-0.1, -0.05) is 6.07 Å². The Morgan fingerprint density at radius 3 is 2.38 bits per heavy atom. The number of carbonyl (C=O) groups excluding carboxylic acids is 2.